The molecule has 0 saturated heterocycles. The summed E-state index contributed by atoms with van der Waals surface area (Å²) in [7, 11) is -4.08. The largest absolute Gasteiger partial charge is 0.349 e. The van der Waals surface area contributed by atoms with Gasteiger partial charge in [0.25, 0.3) is 15.9 Å². The van der Waals surface area contributed by atoms with Gasteiger partial charge in [0, 0.05) is 11.1 Å². The molecule has 194 valence electrons. The van der Waals surface area contributed by atoms with Crippen LogP contribution >= 0.6 is 11.6 Å². The van der Waals surface area contributed by atoms with E-state index in [0.717, 1.165) is 35.6 Å². The van der Waals surface area contributed by atoms with Gasteiger partial charge in [-0.25, -0.2) is 8.42 Å². The lowest BCUT2D eigenvalue weighted by atomic mass is 9.95. The minimum atomic E-state index is -4.08. The van der Waals surface area contributed by atoms with Gasteiger partial charge in [-0.3, -0.25) is 13.9 Å². The Morgan fingerprint density at radius 1 is 0.946 bits per heavy atom. The lowest BCUT2D eigenvalue weighted by Crippen LogP contribution is -2.39. The number of nitrogens with zero attached hydrogens (tertiary/aromatic N) is 1. The highest BCUT2D eigenvalue weighted by Crippen LogP contribution is 2.28. The van der Waals surface area contributed by atoms with Gasteiger partial charge < -0.3 is 10.6 Å². The van der Waals surface area contributed by atoms with E-state index in [4.69, 9.17) is 11.6 Å². The monoisotopic (exact) mass is 539 g/mol. The lowest BCUT2D eigenvalue weighted by molar-refractivity contribution is -0.114. The zero-order chi connectivity index (χ0) is 26.4. The Morgan fingerprint density at radius 3 is 2.32 bits per heavy atom. The second-order valence-electron chi connectivity index (χ2n) is 9.16. The smallest absolute Gasteiger partial charge is 0.264 e. The van der Waals surface area contributed by atoms with Crippen molar-refractivity contribution in [3.05, 3.63) is 88.9 Å². The lowest BCUT2D eigenvalue weighted by Gasteiger charge is -2.25. The highest BCUT2D eigenvalue weighted by Gasteiger charge is 2.28. The molecule has 0 atom stereocenters. The molecule has 0 radical (unpaired) electrons. The summed E-state index contributed by atoms with van der Waals surface area (Å²) in [4.78, 5) is 26.2. The number of aryl methyl sites for hydroxylation is 1. The fraction of sp³-hybridized carbons (Fsp3) is 0.286. The summed E-state index contributed by atoms with van der Waals surface area (Å²) in [5.41, 5.74) is 1.69. The van der Waals surface area contributed by atoms with Crippen LogP contribution in [0, 0.1) is 6.92 Å². The van der Waals surface area contributed by atoms with Crippen molar-refractivity contribution in [3.63, 3.8) is 0 Å². The third-order valence-electron chi connectivity index (χ3n) is 6.45. The molecular weight excluding hydrogens is 510 g/mol. The average molecular weight is 540 g/mol. The first kappa shape index (κ1) is 26.7. The number of sulfonamides is 1. The molecule has 0 heterocycles. The van der Waals surface area contributed by atoms with E-state index in [1.165, 1.54) is 24.6 Å². The summed E-state index contributed by atoms with van der Waals surface area (Å²) in [6.45, 7) is 1.30. The van der Waals surface area contributed by atoms with Crippen LogP contribution in [0.5, 0.6) is 0 Å². The maximum Gasteiger partial charge on any atom is 0.264 e. The van der Waals surface area contributed by atoms with Gasteiger partial charge in [0.1, 0.15) is 6.54 Å². The van der Waals surface area contributed by atoms with Gasteiger partial charge in [-0.15, -0.1) is 0 Å². The number of carbonyl (C=O) groups is 2. The molecule has 0 spiro atoms. The fourth-order valence-electron chi connectivity index (χ4n) is 4.39. The Morgan fingerprint density at radius 2 is 1.62 bits per heavy atom. The molecule has 1 fully saturated rings. The van der Waals surface area contributed by atoms with Gasteiger partial charge in [-0.1, -0.05) is 67.3 Å². The molecule has 2 amide bonds. The quantitative estimate of drug-likeness (QED) is 0.392. The molecule has 7 nitrogen and oxygen atoms in total. The maximum absolute atomic E-state index is 13.6. The Kier molecular flexibility index (Phi) is 8.51. The van der Waals surface area contributed by atoms with Crippen LogP contribution in [0.2, 0.25) is 5.02 Å². The van der Waals surface area contributed by atoms with E-state index in [0.29, 0.717) is 16.3 Å². The summed E-state index contributed by atoms with van der Waals surface area (Å²) in [6.07, 6.45) is 5.21. The molecule has 3 aromatic carbocycles. The topological polar surface area (TPSA) is 95.6 Å². The Hall–Kier alpha value is -3.36. The van der Waals surface area contributed by atoms with Gasteiger partial charge in [0.05, 0.1) is 21.8 Å². The summed E-state index contributed by atoms with van der Waals surface area (Å²) in [5.74, 6) is -0.851. The van der Waals surface area contributed by atoms with E-state index in [-0.39, 0.29) is 22.5 Å². The highest BCUT2D eigenvalue weighted by atomic mass is 35.5. The van der Waals surface area contributed by atoms with Crippen molar-refractivity contribution in [1.29, 1.82) is 0 Å². The van der Waals surface area contributed by atoms with Crippen molar-refractivity contribution in [2.75, 3.05) is 16.2 Å². The van der Waals surface area contributed by atoms with Gasteiger partial charge in [0.2, 0.25) is 5.91 Å². The summed E-state index contributed by atoms with van der Waals surface area (Å²) in [6, 6.07) is 19.6. The first-order valence-electron chi connectivity index (χ1n) is 12.3. The molecule has 4 rings (SSSR count). The first-order valence-corrected chi connectivity index (χ1v) is 14.1. The number of para-hydroxylation sites is 1. The van der Waals surface area contributed by atoms with E-state index in [2.05, 4.69) is 10.6 Å². The van der Waals surface area contributed by atoms with Crippen LogP contribution in [0.25, 0.3) is 0 Å². The average Bonchev–Trinajstić information content (AvgIpc) is 2.90. The summed E-state index contributed by atoms with van der Waals surface area (Å²) in [5, 5.41) is 6.19. The van der Waals surface area contributed by atoms with Crippen LogP contribution < -0.4 is 14.9 Å². The third-order valence-corrected chi connectivity index (χ3v) is 8.64. The zero-order valence-corrected chi connectivity index (χ0v) is 22.2. The van der Waals surface area contributed by atoms with Crippen molar-refractivity contribution in [2.24, 2.45) is 0 Å². The number of carbonyl (C=O) groups excluding carboxylic acids is 2. The standard InChI is InChI=1S/C28H30ClN3O4S/c1-20-16-17-22(18-25(20)29)32(37(35,36)23-12-6-3-7-13-23)19-27(33)31-26-15-9-8-14-24(26)28(34)30-21-10-4-2-5-11-21/h3,6-9,12-18,21H,2,4-5,10-11,19H2,1H3,(H,30,34)(H,31,33). The number of hydrogen-bond acceptors (Lipinski definition) is 4. The van der Waals surface area contributed by atoms with E-state index in [9.17, 15) is 18.0 Å². The fourth-order valence-corrected chi connectivity index (χ4v) is 6.00. The SMILES string of the molecule is Cc1ccc(N(CC(=O)Nc2ccccc2C(=O)NC2CCCCC2)S(=O)(=O)c2ccccc2)cc1Cl. The van der Waals surface area contributed by atoms with Gasteiger partial charge in [-0.2, -0.15) is 0 Å². The second-order valence-corrected chi connectivity index (χ2v) is 11.4. The molecule has 3 aromatic rings. The van der Waals surface area contributed by atoms with Crippen LogP contribution in [0.3, 0.4) is 0 Å². The second kappa shape index (κ2) is 11.8. The van der Waals surface area contributed by atoms with Crippen LogP contribution in [0.15, 0.2) is 77.7 Å². The summed E-state index contributed by atoms with van der Waals surface area (Å²) < 4.78 is 28.1. The highest BCUT2D eigenvalue weighted by molar-refractivity contribution is 7.92. The van der Waals surface area contributed by atoms with Crippen molar-refractivity contribution in [3.8, 4) is 0 Å². The van der Waals surface area contributed by atoms with Crippen molar-refractivity contribution >= 4 is 44.8 Å². The third kappa shape index (κ3) is 6.50. The zero-order valence-electron chi connectivity index (χ0n) is 20.6. The number of nitrogens with one attached hydrogen (secondary N) is 2. The van der Waals surface area contributed by atoms with E-state index in [1.54, 1.807) is 54.6 Å². The number of halogens is 1. The van der Waals surface area contributed by atoms with Gasteiger partial charge in [0.15, 0.2) is 0 Å². The molecule has 1 aliphatic rings. The van der Waals surface area contributed by atoms with E-state index < -0.39 is 22.5 Å². The molecule has 1 saturated carbocycles. The number of benzene rings is 3. The predicted octanol–water partition coefficient (Wildman–Crippen LogP) is 5.54. The molecule has 1 aliphatic carbocycles. The molecule has 9 heteroatoms. The van der Waals surface area contributed by atoms with E-state index >= 15 is 0 Å². The van der Waals surface area contributed by atoms with Crippen molar-refractivity contribution in [2.45, 2.75) is 50.0 Å². The van der Waals surface area contributed by atoms with Gasteiger partial charge >= 0.3 is 0 Å². The molecule has 37 heavy (non-hydrogen) atoms. The Balaban J connectivity index is 1.58. The normalized spacial score (nSPS) is 14.1. The maximum atomic E-state index is 13.6. The van der Waals surface area contributed by atoms with Crippen molar-refractivity contribution < 1.29 is 18.0 Å². The molecule has 0 aliphatic heterocycles. The molecule has 2 N–H and O–H groups in total. The van der Waals surface area contributed by atoms with Crippen molar-refractivity contribution in [1.82, 2.24) is 5.32 Å². The molecule has 0 aromatic heterocycles. The number of anilines is 2. The molecular formula is C28H30ClN3O4S. The number of amides is 2. The first-order chi connectivity index (χ1) is 17.8. The summed E-state index contributed by atoms with van der Waals surface area (Å²) >= 11 is 6.29. The number of hydrogen-bond donors (Lipinski definition) is 2. The van der Waals surface area contributed by atoms with E-state index in [1.807, 2.05) is 6.92 Å². The minimum Gasteiger partial charge on any atom is -0.349 e. The Labute approximate surface area is 222 Å². The van der Waals surface area contributed by atoms with Crippen LogP contribution in [0.1, 0.15) is 48.0 Å². The van der Waals surface area contributed by atoms with Gasteiger partial charge in [-0.05, 0) is 61.7 Å². The number of rotatable bonds is 8. The molecule has 0 bridgehead atoms. The Bertz CT molecular complexity index is 1370. The van der Waals surface area contributed by atoms with Crippen LogP contribution in [-0.4, -0.2) is 32.8 Å². The predicted molar refractivity (Wildman–Crippen MR) is 147 cm³/mol. The minimum absolute atomic E-state index is 0.0479. The van der Waals surface area contributed by atoms with Crippen LogP contribution in [-0.2, 0) is 14.8 Å². The molecule has 0 unspecified atom stereocenters. The van der Waals surface area contributed by atoms with Crippen LogP contribution in [0.4, 0.5) is 11.4 Å².